The van der Waals surface area contributed by atoms with Crippen LogP contribution in [0.1, 0.15) is 61.7 Å². The molecule has 2 amide bonds. The summed E-state index contributed by atoms with van der Waals surface area (Å²) in [6, 6.07) is 11.3. The van der Waals surface area contributed by atoms with Gasteiger partial charge >= 0.3 is 0 Å². The Morgan fingerprint density at radius 1 is 1.19 bits per heavy atom. The number of nitrogens with two attached hydrogens (primary N) is 1. The molecule has 11 nitrogen and oxygen atoms in total. The molecule has 252 valence electrons. The van der Waals surface area contributed by atoms with E-state index in [1.165, 1.54) is 41.6 Å². The summed E-state index contributed by atoms with van der Waals surface area (Å²) in [7, 11) is 1.56. The number of allylic oxidation sites excluding steroid dienone is 2. The Kier molecular flexibility index (Phi) is 10.9. The van der Waals surface area contributed by atoms with Gasteiger partial charge in [-0.15, -0.1) is 0 Å². The summed E-state index contributed by atoms with van der Waals surface area (Å²) in [6.07, 6.45) is 4.09. The third-order valence-electron chi connectivity index (χ3n) is 7.63. The standard InChI is InChI=1S/C36H41FN6O5/c1-21(2)48-20-27-26(22(3)15-29(33(38)45)41-31-12-11-23(18-39-31)34(46)42(7)13-14-44)9-8-10-30(27)43-35(47)32-24(19-40-43)16-25(17-28(32)37)36(4,5)6/h8-12,15-19,21,44H,3,13-14,20H2,1-2,4-7H3,(H2,38,45)(H,39,41)/b29-15+. The number of primary amides is 1. The van der Waals surface area contributed by atoms with E-state index in [1.807, 2.05) is 34.6 Å². The van der Waals surface area contributed by atoms with Gasteiger partial charge in [-0.2, -0.15) is 9.78 Å². The lowest BCUT2D eigenvalue weighted by atomic mass is 9.86. The number of nitrogens with one attached hydrogen (secondary N) is 1. The van der Waals surface area contributed by atoms with Crippen LogP contribution in [0.3, 0.4) is 0 Å². The molecule has 0 fully saturated rings. The van der Waals surface area contributed by atoms with Gasteiger partial charge < -0.3 is 25.8 Å². The van der Waals surface area contributed by atoms with Gasteiger partial charge in [-0.3, -0.25) is 14.4 Å². The number of fused-ring (bicyclic) bond motifs is 1. The molecule has 0 spiro atoms. The van der Waals surface area contributed by atoms with Gasteiger partial charge in [-0.25, -0.2) is 9.37 Å². The van der Waals surface area contributed by atoms with E-state index in [0.29, 0.717) is 33.3 Å². The normalized spacial score (nSPS) is 12.0. The maximum Gasteiger partial charge on any atom is 0.282 e. The molecular weight excluding hydrogens is 615 g/mol. The molecule has 0 unspecified atom stereocenters. The van der Waals surface area contributed by atoms with Crippen molar-refractivity contribution in [1.29, 1.82) is 0 Å². The first-order chi connectivity index (χ1) is 22.6. The molecule has 2 heterocycles. The second kappa shape index (κ2) is 14.7. The predicted molar refractivity (Wildman–Crippen MR) is 184 cm³/mol. The number of halogens is 1. The van der Waals surface area contributed by atoms with E-state index in [-0.39, 0.29) is 54.1 Å². The Morgan fingerprint density at radius 3 is 2.52 bits per heavy atom. The van der Waals surface area contributed by atoms with Crippen LogP contribution in [0.5, 0.6) is 0 Å². The highest BCUT2D eigenvalue weighted by Crippen LogP contribution is 2.29. The van der Waals surface area contributed by atoms with Crippen molar-refractivity contribution >= 4 is 34.0 Å². The summed E-state index contributed by atoms with van der Waals surface area (Å²) < 4.78 is 22.5. The number of ether oxygens (including phenoxy) is 1. The average molecular weight is 657 g/mol. The number of aliphatic hydroxyl groups is 1. The van der Waals surface area contributed by atoms with Crippen molar-refractivity contribution in [2.45, 2.75) is 52.7 Å². The van der Waals surface area contributed by atoms with Gasteiger partial charge in [0.05, 0.1) is 42.2 Å². The summed E-state index contributed by atoms with van der Waals surface area (Å²) in [5, 5.41) is 16.7. The third-order valence-corrected chi connectivity index (χ3v) is 7.63. The molecule has 0 radical (unpaired) electrons. The number of aliphatic hydroxyl groups excluding tert-OH is 1. The zero-order valence-electron chi connectivity index (χ0n) is 28.0. The Morgan fingerprint density at radius 2 is 1.92 bits per heavy atom. The average Bonchev–Trinajstić information content (AvgIpc) is 3.02. The van der Waals surface area contributed by atoms with E-state index >= 15 is 4.39 Å². The maximum atomic E-state index is 15.5. The fraction of sp³-hybridized carbons (Fsp3) is 0.306. The molecule has 4 N–H and O–H groups in total. The van der Waals surface area contributed by atoms with Crippen molar-refractivity contribution in [3.05, 3.63) is 112 Å². The number of benzene rings is 2. The van der Waals surface area contributed by atoms with Crippen LogP contribution in [0.15, 0.2) is 78.0 Å². The molecule has 48 heavy (non-hydrogen) atoms. The molecule has 0 saturated heterocycles. The van der Waals surface area contributed by atoms with E-state index < -0.39 is 17.3 Å². The number of carbonyl (C=O) groups excluding carboxylic acids is 2. The quantitative estimate of drug-likeness (QED) is 0.147. The Bertz CT molecular complexity index is 1940. The first-order valence-corrected chi connectivity index (χ1v) is 15.4. The van der Waals surface area contributed by atoms with Crippen molar-refractivity contribution in [2.75, 3.05) is 25.5 Å². The molecule has 2 aromatic carbocycles. The third kappa shape index (κ3) is 8.01. The minimum Gasteiger partial charge on any atom is -0.395 e. The molecule has 4 rings (SSSR count). The molecule has 0 aliphatic carbocycles. The van der Waals surface area contributed by atoms with Crippen LogP contribution in [0.4, 0.5) is 10.2 Å². The van der Waals surface area contributed by atoms with Gasteiger partial charge in [0.25, 0.3) is 17.4 Å². The zero-order chi connectivity index (χ0) is 35.3. The van der Waals surface area contributed by atoms with Crippen LogP contribution in [0.2, 0.25) is 0 Å². The highest BCUT2D eigenvalue weighted by Gasteiger charge is 2.21. The first-order valence-electron chi connectivity index (χ1n) is 15.4. The number of nitrogens with zero attached hydrogens (tertiary/aromatic N) is 4. The molecule has 12 heteroatoms. The summed E-state index contributed by atoms with van der Waals surface area (Å²) in [6.45, 7) is 13.8. The first kappa shape index (κ1) is 35.7. The number of rotatable bonds is 12. The predicted octanol–water partition coefficient (Wildman–Crippen LogP) is 4.70. The van der Waals surface area contributed by atoms with Crippen molar-refractivity contribution < 1.29 is 23.8 Å². The van der Waals surface area contributed by atoms with Crippen LogP contribution < -0.4 is 16.6 Å². The van der Waals surface area contributed by atoms with Gasteiger partial charge in [0.2, 0.25) is 0 Å². The van der Waals surface area contributed by atoms with E-state index in [9.17, 15) is 14.4 Å². The largest absolute Gasteiger partial charge is 0.395 e. The number of carbonyl (C=O) groups is 2. The minimum absolute atomic E-state index is 0.0390. The topological polar surface area (TPSA) is 153 Å². The van der Waals surface area contributed by atoms with Gasteiger partial charge in [0, 0.05) is 30.7 Å². The highest BCUT2D eigenvalue weighted by atomic mass is 19.1. The van der Waals surface area contributed by atoms with Gasteiger partial charge in [0.15, 0.2) is 0 Å². The lowest BCUT2D eigenvalue weighted by Crippen LogP contribution is -2.29. The molecular formula is C36H41FN6O5. The Labute approximate surface area is 278 Å². The number of amides is 2. The van der Waals surface area contributed by atoms with Crippen molar-refractivity contribution in [1.82, 2.24) is 19.7 Å². The summed E-state index contributed by atoms with van der Waals surface area (Å²) in [4.78, 5) is 44.3. The molecule has 0 bridgehead atoms. The molecule has 0 saturated carbocycles. The van der Waals surface area contributed by atoms with Crippen LogP contribution in [0, 0.1) is 5.82 Å². The second-order valence-corrected chi connectivity index (χ2v) is 12.7. The van der Waals surface area contributed by atoms with Gasteiger partial charge in [-0.05, 0) is 72.4 Å². The molecule has 0 aliphatic heterocycles. The van der Waals surface area contributed by atoms with E-state index in [4.69, 9.17) is 15.6 Å². The minimum atomic E-state index is -0.797. The monoisotopic (exact) mass is 656 g/mol. The molecule has 0 atom stereocenters. The van der Waals surface area contributed by atoms with E-state index in [1.54, 1.807) is 31.3 Å². The number of pyridine rings is 1. The van der Waals surface area contributed by atoms with Crippen LogP contribution in [-0.2, 0) is 21.6 Å². The van der Waals surface area contributed by atoms with Gasteiger partial charge in [0.1, 0.15) is 17.3 Å². The van der Waals surface area contributed by atoms with E-state index in [2.05, 4.69) is 22.0 Å². The highest BCUT2D eigenvalue weighted by molar-refractivity contribution is 5.98. The molecule has 2 aromatic heterocycles. The smallest absolute Gasteiger partial charge is 0.282 e. The Balaban J connectivity index is 1.75. The summed E-state index contributed by atoms with van der Waals surface area (Å²) >= 11 is 0. The fourth-order valence-electron chi connectivity index (χ4n) is 4.94. The molecule has 0 aliphatic rings. The number of aromatic nitrogens is 3. The van der Waals surface area contributed by atoms with E-state index in [0.717, 1.165) is 10.2 Å². The Hall–Kier alpha value is -5.20. The second-order valence-electron chi connectivity index (χ2n) is 12.7. The van der Waals surface area contributed by atoms with Crippen molar-refractivity contribution in [2.24, 2.45) is 5.73 Å². The van der Waals surface area contributed by atoms with Crippen LogP contribution in [-0.4, -0.2) is 62.9 Å². The maximum absolute atomic E-state index is 15.5. The summed E-state index contributed by atoms with van der Waals surface area (Å²) in [5.74, 6) is -1.51. The van der Waals surface area contributed by atoms with Crippen LogP contribution >= 0.6 is 0 Å². The lowest BCUT2D eigenvalue weighted by Gasteiger charge is -2.20. The summed E-state index contributed by atoms with van der Waals surface area (Å²) in [5.41, 5.74) is 7.52. The molecule has 4 aromatic rings. The van der Waals surface area contributed by atoms with Crippen molar-refractivity contribution in [3.63, 3.8) is 0 Å². The number of anilines is 1. The number of hydrogen-bond donors (Lipinski definition) is 3. The van der Waals surface area contributed by atoms with Crippen molar-refractivity contribution in [3.8, 4) is 5.69 Å². The van der Waals surface area contributed by atoms with Crippen LogP contribution in [0.25, 0.3) is 22.0 Å². The number of likely N-dealkylation sites (N-methyl/N-ethyl adjacent to an activating group) is 1. The van der Waals surface area contributed by atoms with Gasteiger partial charge in [-0.1, -0.05) is 39.5 Å². The number of hydrogen-bond acceptors (Lipinski definition) is 8. The lowest BCUT2D eigenvalue weighted by molar-refractivity contribution is -0.114. The fourth-order valence-corrected chi connectivity index (χ4v) is 4.94. The SMILES string of the molecule is C=C(/C=C(/Nc1ccc(C(=O)N(C)CCO)cn1)C(N)=O)c1cccc(-n2ncc3cc(C(C)(C)C)cc(F)c3c2=O)c1COC(C)C. The zero-order valence-corrected chi connectivity index (χ0v) is 28.0.